The predicted octanol–water partition coefficient (Wildman–Crippen LogP) is 4.82. The van der Waals surface area contributed by atoms with Crippen LogP contribution in [0.5, 0.6) is 5.75 Å². The summed E-state index contributed by atoms with van der Waals surface area (Å²) >= 11 is 0. The van der Waals surface area contributed by atoms with Crippen molar-refractivity contribution < 1.29 is 17.5 Å². The van der Waals surface area contributed by atoms with Gasteiger partial charge < -0.3 is 10.1 Å². The largest absolute Gasteiger partial charge is 0.489 e. The summed E-state index contributed by atoms with van der Waals surface area (Å²) in [6.07, 6.45) is 5.28. The number of ether oxygens (including phenoxy) is 1. The molecule has 0 radical (unpaired) electrons. The Bertz CT molecular complexity index is 1440. The van der Waals surface area contributed by atoms with Gasteiger partial charge in [-0.15, -0.1) is 0 Å². The number of halogens is 1. The molecule has 1 saturated carbocycles. The van der Waals surface area contributed by atoms with Gasteiger partial charge in [-0.1, -0.05) is 12.1 Å². The average molecular weight is 479 g/mol. The molecule has 0 bridgehead atoms. The van der Waals surface area contributed by atoms with E-state index in [1.54, 1.807) is 36.5 Å². The van der Waals surface area contributed by atoms with Crippen molar-refractivity contribution in [2.24, 2.45) is 9.98 Å². The number of sulfone groups is 1. The molecule has 2 heterocycles. The van der Waals surface area contributed by atoms with Gasteiger partial charge in [-0.25, -0.2) is 22.8 Å². The maximum absolute atomic E-state index is 14.7. The number of benzene rings is 2. The molecule has 0 amide bonds. The van der Waals surface area contributed by atoms with E-state index < -0.39 is 9.84 Å². The quantitative estimate of drug-likeness (QED) is 0.388. The predicted molar refractivity (Wildman–Crippen MR) is 131 cm³/mol. The molecule has 2 unspecified atom stereocenters. The number of pyridine rings is 1. The number of hydrogen-bond donors (Lipinski definition) is 1. The van der Waals surface area contributed by atoms with E-state index in [4.69, 9.17) is 4.74 Å². The number of aliphatic imine (C=N–C) groups is 2. The number of anilines is 1. The van der Waals surface area contributed by atoms with Crippen molar-refractivity contribution in [1.82, 2.24) is 4.98 Å². The van der Waals surface area contributed by atoms with E-state index in [-0.39, 0.29) is 29.3 Å². The second-order valence-corrected chi connectivity index (χ2v) is 10.5. The molecule has 9 heteroatoms. The van der Waals surface area contributed by atoms with Gasteiger partial charge in [0.2, 0.25) is 0 Å². The van der Waals surface area contributed by atoms with E-state index in [0.717, 1.165) is 28.9 Å². The summed E-state index contributed by atoms with van der Waals surface area (Å²) in [5.41, 5.74) is 4.38. The highest BCUT2D eigenvalue weighted by molar-refractivity contribution is 7.90. The Labute approximate surface area is 197 Å². The zero-order valence-electron chi connectivity index (χ0n) is 18.7. The average Bonchev–Trinajstić information content (AvgIpc) is 3.48. The molecule has 1 aliphatic heterocycles. The van der Waals surface area contributed by atoms with Crippen molar-refractivity contribution >= 4 is 34.4 Å². The van der Waals surface area contributed by atoms with Gasteiger partial charge in [0.05, 0.1) is 10.6 Å². The summed E-state index contributed by atoms with van der Waals surface area (Å²) in [5, 5.41) is 3.26. The number of nitrogens with one attached hydrogen (secondary N) is 1. The van der Waals surface area contributed by atoms with E-state index in [9.17, 15) is 12.8 Å². The summed E-state index contributed by atoms with van der Waals surface area (Å²) < 4.78 is 44.1. The van der Waals surface area contributed by atoms with Crippen molar-refractivity contribution in [2.75, 3.05) is 11.6 Å². The van der Waals surface area contributed by atoms with Crippen LogP contribution in [0, 0.1) is 12.7 Å². The minimum Gasteiger partial charge on any atom is -0.489 e. The van der Waals surface area contributed by atoms with Crippen molar-refractivity contribution in [3.05, 3.63) is 65.1 Å². The Morgan fingerprint density at radius 3 is 2.74 bits per heavy atom. The van der Waals surface area contributed by atoms with E-state index in [0.29, 0.717) is 22.6 Å². The van der Waals surface area contributed by atoms with Crippen LogP contribution < -0.4 is 10.1 Å². The minimum absolute atomic E-state index is 0.177. The first-order valence-corrected chi connectivity index (χ1v) is 12.7. The first-order valence-electron chi connectivity index (χ1n) is 10.8. The minimum atomic E-state index is -3.30. The van der Waals surface area contributed by atoms with Gasteiger partial charge in [-0.05, 0) is 49.9 Å². The SMILES string of the molecule is C=NC=Nc1c(-c2ccc(S(C)(=O)=O)cc2)cnc(NCc2c(F)ccc3c2C2CC2O3)c1C. The topological polar surface area (TPSA) is 93.0 Å². The highest BCUT2D eigenvalue weighted by atomic mass is 32.2. The molecule has 3 aromatic rings. The van der Waals surface area contributed by atoms with Crippen molar-refractivity contribution in [2.45, 2.75) is 36.8 Å². The van der Waals surface area contributed by atoms with Crippen LogP contribution in [0.3, 0.4) is 0 Å². The van der Waals surface area contributed by atoms with Crippen LogP contribution in [0.4, 0.5) is 15.9 Å². The maximum atomic E-state index is 14.7. The van der Waals surface area contributed by atoms with E-state index in [1.165, 1.54) is 18.7 Å². The number of nitrogens with zero attached hydrogens (tertiary/aromatic N) is 3. The summed E-state index contributed by atoms with van der Waals surface area (Å²) in [6, 6.07) is 9.68. The third-order valence-corrected chi connectivity index (χ3v) is 7.35. The third-order valence-electron chi connectivity index (χ3n) is 6.22. The van der Waals surface area contributed by atoms with Crippen LogP contribution in [0.1, 0.15) is 29.0 Å². The smallest absolute Gasteiger partial charge is 0.175 e. The molecule has 5 rings (SSSR count). The monoisotopic (exact) mass is 478 g/mol. The Morgan fingerprint density at radius 2 is 2.03 bits per heavy atom. The van der Waals surface area contributed by atoms with Gasteiger partial charge >= 0.3 is 0 Å². The molecule has 1 fully saturated rings. The first-order chi connectivity index (χ1) is 16.3. The van der Waals surface area contributed by atoms with Gasteiger partial charge in [-0.2, -0.15) is 0 Å². The zero-order chi connectivity index (χ0) is 24.0. The number of rotatable bonds is 7. The van der Waals surface area contributed by atoms with Crippen molar-refractivity contribution in [3.8, 4) is 16.9 Å². The third kappa shape index (κ3) is 3.96. The molecule has 0 spiro atoms. The lowest BCUT2D eigenvalue weighted by atomic mass is 10.0. The van der Waals surface area contributed by atoms with Crippen LogP contribution in [0.2, 0.25) is 0 Å². The van der Waals surface area contributed by atoms with Crippen LogP contribution in [0.25, 0.3) is 11.1 Å². The molecule has 34 heavy (non-hydrogen) atoms. The lowest BCUT2D eigenvalue weighted by Crippen LogP contribution is -2.08. The molecule has 1 aliphatic carbocycles. The van der Waals surface area contributed by atoms with Gasteiger partial charge in [0.1, 0.15) is 29.8 Å². The van der Waals surface area contributed by atoms with Crippen LogP contribution in [0.15, 0.2) is 57.5 Å². The van der Waals surface area contributed by atoms with E-state index >= 15 is 0 Å². The second kappa shape index (κ2) is 8.32. The van der Waals surface area contributed by atoms with Crippen molar-refractivity contribution in [3.63, 3.8) is 0 Å². The molecule has 7 nitrogen and oxygen atoms in total. The van der Waals surface area contributed by atoms with Crippen LogP contribution >= 0.6 is 0 Å². The molecular formula is C25H23FN4O3S. The van der Waals surface area contributed by atoms with Gasteiger partial charge in [0.15, 0.2) is 9.84 Å². The van der Waals surface area contributed by atoms with Crippen molar-refractivity contribution in [1.29, 1.82) is 0 Å². The van der Waals surface area contributed by atoms with Crippen LogP contribution in [-0.2, 0) is 16.4 Å². The Kier molecular flexibility index (Phi) is 5.44. The fourth-order valence-electron chi connectivity index (χ4n) is 4.38. The molecule has 1 N–H and O–H groups in total. The van der Waals surface area contributed by atoms with Gasteiger partial charge in [0.25, 0.3) is 0 Å². The molecule has 2 aromatic carbocycles. The van der Waals surface area contributed by atoms with Crippen LogP contribution in [-0.4, -0.2) is 38.8 Å². The molecular weight excluding hydrogens is 455 g/mol. The Morgan fingerprint density at radius 1 is 1.26 bits per heavy atom. The summed E-state index contributed by atoms with van der Waals surface area (Å²) in [6.45, 7) is 5.58. The highest BCUT2D eigenvalue weighted by Crippen LogP contribution is 2.55. The van der Waals surface area contributed by atoms with E-state index in [2.05, 4.69) is 27.0 Å². The van der Waals surface area contributed by atoms with Gasteiger partial charge in [-0.3, -0.25) is 4.99 Å². The molecule has 0 saturated heterocycles. The maximum Gasteiger partial charge on any atom is 0.175 e. The summed E-state index contributed by atoms with van der Waals surface area (Å²) in [4.78, 5) is 12.9. The first kappa shape index (κ1) is 22.2. The Hall–Kier alpha value is -3.59. The number of aromatic nitrogens is 1. The molecule has 2 atom stereocenters. The second-order valence-electron chi connectivity index (χ2n) is 8.51. The summed E-state index contributed by atoms with van der Waals surface area (Å²) in [5.74, 6) is 1.33. The lowest BCUT2D eigenvalue weighted by Gasteiger charge is -2.16. The van der Waals surface area contributed by atoms with Gasteiger partial charge in [0, 0.05) is 47.2 Å². The Balaban J connectivity index is 1.48. The normalized spacial score (nSPS) is 18.3. The van der Waals surface area contributed by atoms with E-state index in [1.807, 2.05) is 6.92 Å². The molecule has 174 valence electrons. The summed E-state index contributed by atoms with van der Waals surface area (Å²) in [7, 11) is -3.30. The zero-order valence-corrected chi connectivity index (χ0v) is 19.6. The highest BCUT2D eigenvalue weighted by Gasteiger charge is 2.49. The molecule has 1 aromatic heterocycles. The number of fused-ring (bicyclic) bond motifs is 3. The molecule has 2 aliphatic rings. The fraction of sp³-hybridized carbons (Fsp3) is 0.240. The fourth-order valence-corrected chi connectivity index (χ4v) is 5.01. The standard InChI is InChI=1S/C25H23FN4O3S/c1-14-24(30-13-27-2)18(15-4-6-16(7-5-15)34(3,31)32)11-28-25(14)29-12-19-20(26)8-9-21-23(19)17-10-22(17)33-21/h4-9,11,13,17,22H,2,10,12H2,1,3H3,(H,28,29). The number of hydrogen-bond acceptors (Lipinski definition) is 6. The lowest BCUT2D eigenvalue weighted by molar-refractivity contribution is 0.318.